The van der Waals surface area contributed by atoms with Crippen molar-refractivity contribution in [1.82, 2.24) is 5.32 Å². The number of likely N-dealkylation sites (N-methyl/N-ethyl adjacent to an activating group) is 1. The number of rotatable bonds is 11. The van der Waals surface area contributed by atoms with E-state index < -0.39 is 22.0 Å². The standard InChI is InChI=1S/C13H30N2O4S/c1-5-7-8-9-14-13(6-2)15(3,4)10-12(16)11-20(17,18)19/h12-14,16H,5-11H2,1-4H3/p+1. The average Bonchev–Trinajstić information content (AvgIpc) is 2.25. The zero-order valence-corrected chi connectivity index (χ0v) is 14.0. The summed E-state index contributed by atoms with van der Waals surface area (Å²) in [7, 11) is -0.228. The van der Waals surface area contributed by atoms with Gasteiger partial charge in [-0.25, -0.2) is 0 Å². The molecule has 0 heterocycles. The van der Waals surface area contributed by atoms with Crippen LogP contribution in [0.15, 0.2) is 0 Å². The Hall–Kier alpha value is -0.210. The lowest BCUT2D eigenvalue weighted by Gasteiger charge is -2.39. The number of nitrogens with one attached hydrogen (secondary N) is 1. The van der Waals surface area contributed by atoms with E-state index >= 15 is 0 Å². The third-order valence-electron chi connectivity index (χ3n) is 3.48. The van der Waals surface area contributed by atoms with Crippen molar-refractivity contribution >= 4 is 10.1 Å². The van der Waals surface area contributed by atoms with E-state index in [0.29, 0.717) is 4.48 Å². The zero-order chi connectivity index (χ0) is 15.8. The average molecular weight is 311 g/mol. The molecule has 0 aromatic heterocycles. The van der Waals surface area contributed by atoms with Crippen LogP contribution in [0.4, 0.5) is 0 Å². The highest BCUT2D eigenvalue weighted by Gasteiger charge is 2.30. The molecule has 7 heteroatoms. The van der Waals surface area contributed by atoms with Crippen LogP contribution in [0.1, 0.15) is 39.5 Å². The summed E-state index contributed by atoms with van der Waals surface area (Å²) < 4.78 is 30.8. The van der Waals surface area contributed by atoms with Crippen LogP contribution >= 0.6 is 0 Å². The number of quaternary nitrogens is 1. The number of hydrogen-bond acceptors (Lipinski definition) is 4. The summed E-state index contributed by atoms with van der Waals surface area (Å²) in [6.07, 6.45) is 3.44. The molecule has 0 aliphatic carbocycles. The molecular formula is C13H31N2O4S+. The Balaban J connectivity index is 4.40. The highest BCUT2D eigenvalue weighted by molar-refractivity contribution is 7.85. The number of aliphatic hydroxyl groups is 1. The van der Waals surface area contributed by atoms with Gasteiger partial charge in [0.25, 0.3) is 10.1 Å². The molecule has 2 atom stereocenters. The van der Waals surface area contributed by atoms with Crippen molar-refractivity contribution in [3.63, 3.8) is 0 Å². The van der Waals surface area contributed by atoms with E-state index in [1.165, 1.54) is 12.8 Å². The predicted molar refractivity (Wildman–Crippen MR) is 81.0 cm³/mol. The van der Waals surface area contributed by atoms with Gasteiger partial charge >= 0.3 is 0 Å². The molecule has 122 valence electrons. The third-order valence-corrected chi connectivity index (χ3v) is 4.28. The molecule has 0 saturated carbocycles. The van der Waals surface area contributed by atoms with Crippen molar-refractivity contribution in [3.8, 4) is 0 Å². The van der Waals surface area contributed by atoms with Crippen molar-refractivity contribution < 1.29 is 22.6 Å². The summed E-state index contributed by atoms with van der Waals surface area (Å²) in [5, 5.41) is 13.3. The number of unbranched alkanes of at least 4 members (excludes halogenated alkanes) is 2. The number of aliphatic hydroxyl groups excluding tert-OH is 1. The number of hydrogen-bond donors (Lipinski definition) is 3. The molecule has 0 spiro atoms. The van der Waals surface area contributed by atoms with E-state index in [-0.39, 0.29) is 12.7 Å². The molecular weight excluding hydrogens is 280 g/mol. The van der Waals surface area contributed by atoms with Crippen LogP contribution in [0.3, 0.4) is 0 Å². The molecule has 0 aliphatic heterocycles. The molecule has 0 saturated heterocycles. The van der Waals surface area contributed by atoms with E-state index in [0.717, 1.165) is 19.4 Å². The Morgan fingerprint density at radius 2 is 1.80 bits per heavy atom. The fourth-order valence-electron chi connectivity index (χ4n) is 2.50. The molecule has 0 aromatic carbocycles. The molecule has 0 aromatic rings. The molecule has 0 rings (SSSR count). The first kappa shape index (κ1) is 19.8. The predicted octanol–water partition coefficient (Wildman–Crippen LogP) is 0.827. The van der Waals surface area contributed by atoms with Crippen molar-refractivity contribution in [3.05, 3.63) is 0 Å². The van der Waals surface area contributed by atoms with E-state index in [4.69, 9.17) is 4.55 Å². The SMILES string of the molecule is CCCCCNC(CC)[N+](C)(C)CC(O)CS(=O)(=O)O. The molecule has 6 nitrogen and oxygen atoms in total. The molecule has 0 amide bonds. The minimum absolute atomic E-state index is 0.155. The molecule has 2 unspecified atom stereocenters. The molecule has 20 heavy (non-hydrogen) atoms. The summed E-state index contributed by atoms with van der Waals surface area (Å²) in [4.78, 5) is 0. The Morgan fingerprint density at radius 1 is 1.20 bits per heavy atom. The lowest BCUT2D eigenvalue weighted by molar-refractivity contribution is -0.921. The summed E-state index contributed by atoms with van der Waals surface area (Å²) in [5.74, 6) is -0.610. The summed E-state index contributed by atoms with van der Waals surface area (Å²) in [6, 6.07) is 0. The first-order chi connectivity index (χ1) is 9.12. The summed E-state index contributed by atoms with van der Waals surface area (Å²) in [5.41, 5.74) is 0. The lowest BCUT2D eigenvalue weighted by Crippen LogP contribution is -2.59. The third kappa shape index (κ3) is 8.86. The minimum Gasteiger partial charge on any atom is -0.386 e. The zero-order valence-electron chi connectivity index (χ0n) is 13.2. The molecule has 0 aliphatic rings. The summed E-state index contributed by atoms with van der Waals surface area (Å²) >= 11 is 0. The maximum absolute atomic E-state index is 10.8. The van der Waals surface area contributed by atoms with Gasteiger partial charge in [-0.15, -0.1) is 0 Å². The van der Waals surface area contributed by atoms with Crippen LogP contribution in [0.2, 0.25) is 0 Å². The van der Waals surface area contributed by atoms with Gasteiger partial charge in [0.15, 0.2) is 0 Å². The fraction of sp³-hybridized carbons (Fsp3) is 1.00. The van der Waals surface area contributed by atoms with Gasteiger partial charge in [-0.05, 0) is 6.42 Å². The van der Waals surface area contributed by atoms with Gasteiger partial charge < -0.3 is 9.59 Å². The van der Waals surface area contributed by atoms with Crippen LogP contribution in [0.5, 0.6) is 0 Å². The maximum atomic E-state index is 10.8. The van der Waals surface area contributed by atoms with Gasteiger partial charge in [0.05, 0.1) is 14.1 Å². The lowest BCUT2D eigenvalue weighted by atomic mass is 10.2. The molecule has 3 N–H and O–H groups in total. The highest BCUT2D eigenvalue weighted by Crippen LogP contribution is 2.10. The summed E-state index contributed by atoms with van der Waals surface area (Å²) in [6.45, 7) is 5.41. The quantitative estimate of drug-likeness (QED) is 0.228. The van der Waals surface area contributed by atoms with Crippen LogP contribution in [-0.2, 0) is 10.1 Å². The van der Waals surface area contributed by atoms with Crippen molar-refractivity contribution in [2.24, 2.45) is 0 Å². The smallest absolute Gasteiger partial charge is 0.267 e. The molecule has 0 radical (unpaired) electrons. The van der Waals surface area contributed by atoms with Crippen LogP contribution in [0, 0.1) is 0 Å². The Bertz CT molecular complexity index is 357. The fourth-order valence-corrected chi connectivity index (χ4v) is 3.09. The Kier molecular flexibility index (Phi) is 8.85. The first-order valence-corrected chi connectivity index (χ1v) is 8.92. The van der Waals surface area contributed by atoms with Crippen molar-refractivity contribution in [2.75, 3.05) is 32.9 Å². The Morgan fingerprint density at radius 3 is 2.25 bits per heavy atom. The normalized spacial score (nSPS) is 16.1. The Labute approximate surface area is 123 Å². The second-order valence-electron chi connectivity index (χ2n) is 5.95. The van der Waals surface area contributed by atoms with Gasteiger partial charge in [-0.1, -0.05) is 26.7 Å². The largest absolute Gasteiger partial charge is 0.386 e. The second kappa shape index (κ2) is 8.94. The second-order valence-corrected chi connectivity index (χ2v) is 7.45. The molecule has 0 fully saturated rings. The molecule has 0 bridgehead atoms. The van der Waals surface area contributed by atoms with Gasteiger partial charge in [-0.2, -0.15) is 8.42 Å². The highest BCUT2D eigenvalue weighted by atomic mass is 32.2. The van der Waals surface area contributed by atoms with Crippen molar-refractivity contribution in [1.29, 1.82) is 0 Å². The van der Waals surface area contributed by atoms with Crippen molar-refractivity contribution in [2.45, 2.75) is 51.8 Å². The topological polar surface area (TPSA) is 86.6 Å². The van der Waals surface area contributed by atoms with E-state index in [1.54, 1.807) is 0 Å². The van der Waals surface area contributed by atoms with Gasteiger partial charge in [-0.3, -0.25) is 9.87 Å². The van der Waals surface area contributed by atoms with Crippen LogP contribution in [-0.4, -0.2) is 67.8 Å². The minimum atomic E-state index is -4.13. The maximum Gasteiger partial charge on any atom is 0.267 e. The monoisotopic (exact) mass is 311 g/mol. The van der Waals surface area contributed by atoms with Crippen LogP contribution in [0.25, 0.3) is 0 Å². The van der Waals surface area contributed by atoms with E-state index in [1.807, 2.05) is 14.1 Å². The van der Waals surface area contributed by atoms with Gasteiger partial charge in [0, 0.05) is 13.0 Å². The van der Waals surface area contributed by atoms with E-state index in [2.05, 4.69) is 19.2 Å². The van der Waals surface area contributed by atoms with E-state index in [9.17, 15) is 13.5 Å². The van der Waals surface area contributed by atoms with Crippen LogP contribution < -0.4 is 5.32 Å². The van der Waals surface area contributed by atoms with Gasteiger partial charge in [0.2, 0.25) is 0 Å². The first-order valence-electron chi connectivity index (χ1n) is 7.31. The number of nitrogens with zero attached hydrogens (tertiary/aromatic N) is 1. The van der Waals surface area contributed by atoms with Gasteiger partial charge in [0.1, 0.15) is 24.6 Å².